The smallest absolute Gasteiger partial charge is 0.0558 e. The van der Waals surface area contributed by atoms with Crippen LogP contribution >= 0.6 is 0 Å². The Morgan fingerprint density at radius 2 is 1.86 bits per heavy atom. The van der Waals surface area contributed by atoms with Crippen LogP contribution in [0.25, 0.3) is 0 Å². The Bertz CT molecular complexity index is 132. The van der Waals surface area contributed by atoms with Gasteiger partial charge in [0.2, 0.25) is 0 Å². The Morgan fingerprint density at radius 3 is 2.43 bits per heavy atom. The van der Waals surface area contributed by atoms with Crippen molar-refractivity contribution >= 4 is 0 Å². The van der Waals surface area contributed by atoms with Gasteiger partial charge >= 0.3 is 0 Å². The van der Waals surface area contributed by atoms with Gasteiger partial charge in [-0.25, -0.2) is 0 Å². The van der Waals surface area contributed by atoms with Crippen LogP contribution in [0.15, 0.2) is 0 Å². The minimum absolute atomic E-state index is 0.320. The van der Waals surface area contributed by atoms with Crippen molar-refractivity contribution in [2.24, 2.45) is 0 Å². The monoisotopic (exact) mass is 199 g/mol. The molecule has 1 rings (SSSR count). The number of rotatable bonds is 6. The average Bonchev–Trinajstić information content (AvgIpc) is 2.25. The molecule has 0 saturated heterocycles. The molecule has 1 N–H and O–H groups in total. The maximum absolute atomic E-state index is 9.02. The molecule has 2 heteroatoms. The van der Waals surface area contributed by atoms with Crippen LogP contribution in [0, 0.1) is 0 Å². The predicted octanol–water partition coefficient (Wildman–Crippen LogP) is 2.41. The second kappa shape index (κ2) is 7.24. The molecular weight excluding hydrogens is 174 g/mol. The van der Waals surface area contributed by atoms with Crippen molar-refractivity contribution in [1.29, 1.82) is 0 Å². The van der Waals surface area contributed by atoms with E-state index in [1.807, 2.05) is 0 Å². The third-order valence-electron chi connectivity index (χ3n) is 3.28. The molecular formula is C12H25NO. The minimum atomic E-state index is 0.320. The molecule has 0 bridgehead atoms. The largest absolute Gasteiger partial charge is 0.395 e. The van der Waals surface area contributed by atoms with Gasteiger partial charge in [0.25, 0.3) is 0 Å². The summed E-state index contributed by atoms with van der Waals surface area (Å²) in [6.45, 7) is 4.62. The van der Waals surface area contributed by atoms with Gasteiger partial charge in [0.15, 0.2) is 0 Å². The van der Waals surface area contributed by atoms with E-state index in [-0.39, 0.29) is 0 Å². The Labute approximate surface area is 88.3 Å². The van der Waals surface area contributed by atoms with E-state index >= 15 is 0 Å². The maximum Gasteiger partial charge on any atom is 0.0558 e. The van der Waals surface area contributed by atoms with Crippen molar-refractivity contribution < 1.29 is 5.11 Å². The van der Waals surface area contributed by atoms with Crippen LogP contribution in [0.2, 0.25) is 0 Å². The van der Waals surface area contributed by atoms with E-state index in [1.165, 1.54) is 51.5 Å². The number of hydrogen-bond donors (Lipinski definition) is 1. The molecule has 0 spiro atoms. The SMILES string of the molecule is CCCCN(CCO)C1CCCCC1. The molecule has 2 nitrogen and oxygen atoms in total. The quantitative estimate of drug-likeness (QED) is 0.710. The van der Waals surface area contributed by atoms with Crippen LogP contribution in [0.1, 0.15) is 51.9 Å². The highest BCUT2D eigenvalue weighted by molar-refractivity contribution is 4.75. The van der Waals surface area contributed by atoms with Gasteiger partial charge < -0.3 is 5.11 Å². The lowest BCUT2D eigenvalue weighted by Crippen LogP contribution is -2.39. The summed E-state index contributed by atoms with van der Waals surface area (Å²) in [7, 11) is 0. The number of nitrogens with zero attached hydrogens (tertiary/aromatic N) is 1. The average molecular weight is 199 g/mol. The Kier molecular flexibility index (Phi) is 6.20. The van der Waals surface area contributed by atoms with Gasteiger partial charge in [0, 0.05) is 12.6 Å². The molecule has 1 aliphatic rings. The highest BCUT2D eigenvalue weighted by Crippen LogP contribution is 2.22. The Morgan fingerprint density at radius 1 is 1.14 bits per heavy atom. The Balaban J connectivity index is 2.30. The lowest BCUT2D eigenvalue weighted by molar-refractivity contribution is 0.122. The summed E-state index contributed by atoms with van der Waals surface area (Å²) in [6, 6.07) is 0.766. The van der Waals surface area contributed by atoms with E-state index in [2.05, 4.69) is 11.8 Å². The summed E-state index contributed by atoms with van der Waals surface area (Å²) in [6.07, 6.45) is 9.42. The molecule has 0 heterocycles. The minimum Gasteiger partial charge on any atom is -0.395 e. The van der Waals surface area contributed by atoms with Gasteiger partial charge in [-0.2, -0.15) is 0 Å². The second-order valence-corrected chi connectivity index (χ2v) is 4.40. The van der Waals surface area contributed by atoms with E-state index in [0.29, 0.717) is 6.61 Å². The van der Waals surface area contributed by atoms with E-state index in [0.717, 1.165) is 12.6 Å². The molecule has 0 radical (unpaired) electrons. The summed E-state index contributed by atoms with van der Waals surface area (Å²) in [5.74, 6) is 0. The molecule has 0 atom stereocenters. The van der Waals surface area contributed by atoms with Gasteiger partial charge in [-0.3, -0.25) is 4.90 Å². The molecule has 84 valence electrons. The maximum atomic E-state index is 9.02. The first-order valence-electron chi connectivity index (χ1n) is 6.23. The van der Waals surface area contributed by atoms with Gasteiger partial charge in [0.05, 0.1) is 6.61 Å². The van der Waals surface area contributed by atoms with Crippen molar-refractivity contribution in [2.75, 3.05) is 19.7 Å². The normalized spacial score (nSPS) is 19.1. The van der Waals surface area contributed by atoms with Crippen molar-refractivity contribution in [1.82, 2.24) is 4.90 Å². The fourth-order valence-corrected chi connectivity index (χ4v) is 2.41. The first kappa shape index (κ1) is 12.0. The molecule has 0 aliphatic heterocycles. The van der Waals surface area contributed by atoms with Crippen LogP contribution in [0.5, 0.6) is 0 Å². The van der Waals surface area contributed by atoms with E-state index in [1.54, 1.807) is 0 Å². The van der Waals surface area contributed by atoms with Crippen molar-refractivity contribution in [3.05, 3.63) is 0 Å². The summed E-state index contributed by atoms with van der Waals surface area (Å²) in [5.41, 5.74) is 0. The van der Waals surface area contributed by atoms with Gasteiger partial charge in [-0.15, -0.1) is 0 Å². The first-order valence-corrected chi connectivity index (χ1v) is 6.23. The molecule has 14 heavy (non-hydrogen) atoms. The van der Waals surface area contributed by atoms with Gasteiger partial charge in [-0.1, -0.05) is 32.6 Å². The number of hydrogen-bond acceptors (Lipinski definition) is 2. The van der Waals surface area contributed by atoms with Gasteiger partial charge in [-0.05, 0) is 25.8 Å². The van der Waals surface area contributed by atoms with E-state index in [9.17, 15) is 0 Å². The summed E-state index contributed by atoms with van der Waals surface area (Å²) in [4.78, 5) is 2.50. The predicted molar refractivity (Wildman–Crippen MR) is 60.4 cm³/mol. The molecule has 0 unspecified atom stereocenters. The number of aliphatic hydroxyl groups excluding tert-OH is 1. The van der Waals surface area contributed by atoms with E-state index in [4.69, 9.17) is 5.11 Å². The fourth-order valence-electron chi connectivity index (χ4n) is 2.41. The lowest BCUT2D eigenvalue weighted by atomic mass is 9.94. The third kappa shape index (κ3) is 3.97. The molecule has 1 fully saturated rings. The van der Waals surface area contributed by atoms with E-state index < -0.39 is 0 Å². The molecule has 0 aromatic rings. The highest BCUT2D eigenvalue weighted by atomic mass is 16.3. The van der Waals surface area contributed by atoms with Crippen molar-refractivity contribution in [3.63, 3.8) is 0 Å². The number of unbranched alkanes of at least 4 members (excludes halogenated alkanes) is 1. The molecule has 1 saturated carbocycles. The van der Waals surface area contributed by atoms with Crippen LogP contribution in [0.3, 0.4) is 0 Å². The lowest BCUT2D eigenvalue weighted by Gasteiger charge is -2.33. The van der Waals surface area contributed by atoms with Crippen LogP contribution in [-0.2, 0) is 0 Å². The summed E-state index contributed by atoms with van der Waals surface area (Å²) in [5, 5.41) is 9.02. The highest BCUT2D eigenvalue weighted by Gasteiger charge is 2.19. The molecule has 0 aromatic heterocycles. The first-order chi connectivity index (χ1) is 6.88. The zero-order valence-corrected chi connectivity index (χ0v) is 9.54. The second-order valence-electron chi connectivity index (χ2n) is 4.40. The summed E-state index contributed by atoms with van der Waals surface area (Å²) < 4.78 is 0. The standard InChI is InChI=1S/C12H25NO/c1-2-3-9-13(10-11-14)12-7-5-4-6-8-12/h12,14H,2-11H2,1H3. The van der Waals surface area contributed by atoms with Crippen molar-refractivity contribution in [3.8, 4) is 0 Å². The molecule has 0 amide bonds. The fraction of sp³-hybridized carbons (Fsp3) is 1.00. The molecule has 1 aliphatic carbocycles. The van der Waals surface area contributed by atoms with Gasteiger partial charge in [0.1, 0.15) is 0 Å². The number of aliphatic hydroxyl groups is 1. The third-order valence-corrected chi connectivity index (χ3v) is 3.28. The van der Waals surface area contributed by atoms with Crippen LogP contribution in [0.4, 0.5) is 0 Å². The zero-order chi connectivity index (χ0) is 10.2. The molecule has 0 aromatic carbocycles. The topological polar surface area (TPSA) is 23.5 Å². The van der Waals surface area contributed by atoms with Crippen molar-refractivity contribution in [2.45, 2.75) is 57.9 Å². The zero-order valence-electron chi connectivity index (χ0n) is 9.54. The summed E-state index contributed by atoms with van der Waals surface area (Å²) >= 11 is 0. The Hall–Kier alpha value is -0.0800. The van der Waals surface area contributed by atoms with Crippen LogP contribution in [-0.4, -0.2) is 35.7 Å². The van der Waals surface area contributed by atoms with Crippen LogP contribution < -0.4 is 0 Å².